The third-order valence-corrected chi connectivity index (χ3v) is 2.43. The standard InChI is InChI=1S/C11H12N2O/c1-2-13-5-6-14-11-7-9(8-12)3-4-10(11)13/h3-4,7H,2,5-6H2,1H3. The van der Waals surface area contributed by atoms with Gasteiger partial charge in [-0.3, -0.25) is 0 Å². The maximum Gasteiger partial charge on any atom is 0.144 e. The molecule has 0 unspecified atom stereocenters. The summed E-state index contributed by atoms with van der Waals surface area (Å²) in [6.07, 6.45) is 0. The maximum atomic E-state index is 8.74. The molecule has 0 fully saturated rings. The summed E-state index contributed by atoms with van der Waals surface area (Å²) in [7, 11) is 0. The van der Waals surface area contributed by atoms with Crippen molar-refractivity contribution in [3.63, 3.8) is 0 Å². The SMILES string of the molecule is CCN1CCOc2cc(C#N)ccc21. The third-order valence-electron chi connectivity index (χ3n) is 2.43. The van der Waals surface area contributed by atoms with Gasteiger partial charge in [0, 0.05) is 12.6 Å². The van der Waals surface area contributed by atoms with E-state index in [4.69, 9.17) is 10.00 Å². The van der Waals surface area contributed by atoms with E-state index >= 15 is 0 Å². The van der Waals surface area contributed by atoms with E-state index in [-0.39, 0.29) is 0 Å². The molecule has 2 rings (SSSR count). The summed E-state index contributed by atoms with van der Waals surface area (Å²) in [4.78, 5) is 2.25. The van der Waals surface area contributed by atoms with Gasteiger partial charge >= 0.3 is 0 Å². The van der Waals surface area contributed by atoms with E-state index in [9.17, 15) is 0 Å². The van der Waals surface area contributed by atoms with Crippen molar-refractivity contribution in [2.24, 2.45) is 0 Å². The van der Waals surface area contributed by atoms with E-state index in [1.165, 1.54) is 0 Å². The molecule has 0 saturated carbocycles. The molecule has 1 aliphatic heterocycles. The van der Waals surface area contributed by atoms with Crippen LogP contribution in [0.4, 0.5) is 5.69 Å². The molecule has 72 valence electrons. The molecular formula is C11H12N2O. The molecule has 0 bridgehead atoms. The van der Waals surface area contributed by atoms with Gasteiger partial charge in [0.15, 0.2) is 0 Å². The lowest BCUT2D eigenvalue weighted by Gasteiger charge is -2.30. The number of benzene rings is 1. The van der Waals surface area contributed by atoms with Gasteiger partial charge in [-0.15, -0.1) is 0 Å². The van der Waals surface area contributed by atoms with Gasteiger partial charge in [-0.25, -0.2) is 0 Å². The van der Waals surface area contributed by atoms with Crippen LogP contribution in [0.25, 0.3) is 0 Å². The van der Waals surface area contributed by atoms with Crippen LogP contribution in [-0.2, 0) is 0 Å². The molecule has 0 N–H and O–H groups in total. The van der Waals surface area contributed by atoms with Gasteiger partial charge in [-0.05, 0) is 19.1 Å². The molecule has 1 aromatic carbocycles. The van der Waals surface area contributed by atoms with Crippen molar-refractivity contribution in [3.8, 4) is 11.8 Å². The maximum absolute atomic E-state index is 8.74. The van der Waals surface area contributed by atoms with E-state index in [2.05, 4.69) is 17.9 Å². The number of anilines is 1. The summed E-state index contributed by atoms with van der Waals surface area (Å²) >= 11 is 0. The molecule has 0 aromatic heterocycles. The summed E-state index contributed by atoms with van der Waals surface area (Å²) < 4.78 is 5.51. The predicted molar refractivity (Wildman–Crippen MR) is 54.5 cm³/mol. The van der Waals surface area contributed by atoms with Gasteiger partial charge < -0.3 is 9.64 Å². The van der Waals surface area contributed by atoms with E-state index in [0.29, 0.717) is 12.2 Å². The number of nitriles is 1. The van der Waals surface area contributed by atoms with Crippen LogP contribution in [0.3, 0.4) is 0 Å². The summed E-state index contributed by atoms with van der Waals surface area (Å²) in [5.41, 5.74) is 1.75. The molecule has 1 heterocycles. The Morgan fingerprint density at radius 1 is 1.57 bits per heavy atom. The van der Waals surface area contributed by atoms with Crippen LogP contribution in [0.2, 0.25) is 0 Å². The molecule has 0 radical (unpaired) electrons. The minimum absolute atomic E-state index is 0.654. The van der Waals surface area contributed by atoms with Crippen molar-refractivity contribution in [1.82, 2.24) is 0 Å². The van der Waals surface area contributed by atoms with Crippen LogP contribution in [0.1, 0.15) is 12.5 Å². The third kappa shape index (κ3) is 1.39. The number of ether oxygens (including phenoxy) is 1. The number of hydrogen-bond donors (Lipinski definition) is 0. The first kappa shape index (κ1) is 8.89. The van der Waals surface area contributed by atoms with Crippen LogP contribution >= 0.6 is 0 Å². The lowest BCUT2D eigenvalue weighted by Crippen LogP contribution is -2.32. The Bertz CT molecular complexity index is 381. The average molecular weight is 188 g/mol. The number of rotatable bonds is 1. The van der Waals surface area contributed by atoms with Gasteiger partial charge in [0.25, 0.3) is 0 Å². The number of fused-ring (bicyclic) bond motifs is 1. The van der Waals surface area contributed by atoms with Gasteiger partial charge in [0.05, 0.1) is 23.9 Å². The normalized spacial score (nSPS) is 14.1. The summed E-state index contributed by atoms with van der Waals surface area (Å²) in [5, 5.41) is 8.74. The molecule has 1 aliphatic rings. The second kappa shape index (κ2) is 3.59. The van der Waals surface area contributed by atoms with E-state index in [1.54, 1.807) is 6.07 Å². The van der Waals surface area contributed by atoms with Crippen LogP contribution in [0.15, 0.2) is 18.2 Å². The highest BCUT2D eigenvalue weighted by atomic mass is 16.5. The monoisotopic (exact) mass is 188 g/mol. The highest BCUT2D eigenvalue weighted by Crippen LogP contribution is 2.31. The molecular weight excluding hydrogens is 176 g/mol. The minimum Gasteiger partial charge on any atom is -0.490 e. The Morgan fingerprint density at radius 3 is 3.14 bits per heavy atom. The Balaban J connectivity index is 2.42. The first-order chi connectivity index (χ1) is 6.85. The fourth-order valence-corrected chi connectivity index (χ4v) is 1.68. The molecule has 0 spiro atoms. The van der Waals surface area contributed by atoms with E-state index in [0.717, 1.165) is 24.5 Å². The number of nitrogens with zero attached hydrogens (tertiary/aromatic N) is 2. The van der Waals surface area contributed by atoms with Crippen LogP contribution in [-0.4, -0.2) is 19.7 Å². The van der Waals surface area contributed by atoms with Crippen molar-refractivity contribution in [3.05, 3.63) is 23.8 Å². The zero-order valence-corrected chi connectivity index (χ0v) is 8.16. The molecule has 3 heteroatoms. The zero-order valence-electron chi connectivity index (χ0n) is 8.16. The van der Waals surface area contributed by atoms with E-state index in [1.807, 2.05) is 12.1 Å². The molecule has 0 aliphatic carbocycles. The largest absolute Gasteiger partial charge is 0.490 e. The minimum atomic E-state index is 0.654. The average Bonchev–Trinajstić information content (AvgIpc) is 2.27. The van der Waals surface area contributed by atoms with Crippen molar-refractivity contribution in [1.29, 1.82) is 5.26 Å². The van der Waals surface area contributed by atoms with Crippen LogP contribution < -0.4 is 9.64 Å². The summed E-state index contributed by atoms with van der Waals surface area (Å²) in [6.45, 7) is 4.72. The Morgan fingerprint density at radius 2 is 2.43 bits per heavy atom. The Labute approximate surface area is 83.5 Å². The predicted octanol–water partition coefficient (Wildman–Crippen LogP) is 1.78. The molecule has 0 saturated heterocycles. The molecule has 0 atom stereocenters. The van der Waals surface area contributed by atoms with E-state index < -0.39 is 0 Å². The molecule has 3 nitrogen and oxygen atoms in total. The molecule has 14 heavy (non-hydrogen) atoms. The first-order valence-electron chi connectivity index (χ1n) is 4.77. The zero-order chi connectivity index (χ0) is 9.97. The first-order valence-corrected chi connectivity index (χ1v) is 4.77. The Kier molecular flexibility index (Phi) is 2.28. The topological polar surface area (TPSA) is 36.3 Å². The van der Waals surface area contributed by atoms with Gasteiger partial charge in [-0.2, -0.15) is 5.26 Å². The van der Waals surface area contributed by atoms with Crippen LogP contribution in [0.5, 0.6) is 5.75 Å². The number of likely N-dealkylation sites (N-methyl/N-ethyl adjacent to an activating group) is 1. The second-order valence-corrected chi connectivity index (χ2v) is 3.22. The van der Waals surface area contributed by atoms with Crippen molar-refractivity contribution < 1.29 is 4.74 Å². The number of hydrogen-bond acceptors (Lipinski definition) is 3. The van der Waals surface area contributed by atoms with Crippen LogP contribution in [0, 0.1) is 11.3 Å². The summed E-state index contributed by atoms with van der Waals surface area (Å²) in [5.74, 6) is 0.831. The lowest BCUT2D eigenvalue weighted by atomic mass is 10.1. The Hall–Kier alpha value is -1.69. The van der Waals surface area contributed by atoms with Crippen molar-refractivity contribution in [2.45, 2.75) is 6.92 Å². The molecule has 1 aromatic rings. The smallest absolute Gasteiger partial charge is 0.144 e. The fraction of sp³-hybridized carbons (Fsp3) is 0.364. The lowest BCUT2D eigenvalue weighted by molar-refractivity contribution is 0.308. The van der Waals surface area contributed by atoms with Gasteiger partial charge in [0.2, 0.25) is 0 Å². The van der Waals surface area contributed by atoms with Gasteiger partial charge in [-0.1, -0.05) is 0 Å². The van der Waals surface area contributed by atoms with Gasteiger partial charge in [0.1, 0.15) is 12.4 Å². The fourth-order valence-electron chi connectivity index (χ4n) is 1.68. The highest BCUT2D eigenvalue weighted by molar-refractivity contribution is 5.62. The highest BCUT2D eigenvalue weighted by Gasteiger charge is 2.16. The molecule has 0 amide bonds. The van der Waals surface area contributed by atoms with Crippen molar-refractivity contribution in [2.75, 3.05) is 24.6 Å². The van der Waals surface area contributed by atoms with Crippen molar-refractivity contribution >= 4 is 5.69 Å². The second-order valence-electron chi connectivity index (χ2n) is 3.22. The summed E-state index contributed by atoms with van der Waals surface area (Å²) in [6, 6.07) is 7.70. The quantitative estimate of drug-likeness (QED) is 0.674.